The lowest BCUT2D eigenvalue weighted by Crippen LogP contribution is -2.39. The fourth-order valence-corrected chi connectivity index (χ4v) is 3.36. The van der Waals surface area contributed by atoms with E-state index in [1.165, 1.54) is 9.71 Å². The molecule has 1 fully saturated rings. The number of hydrogen-bond donors (Lipinski definition) is 0. The van der Waals surface area contributed by atoms with Crippen molar-refractivity contribution >= 4 is 16.1 Å². The summed E-state index contributed by atoms with van der Waals surface area (Å²) in [5, 5.41) is 1.29. The van der Waals surface area contributed by atoms with Crippen molar-refractivity contribution in [1.29, 1.82) is 0 Å². The Morgan fingerprint density at radius 2 is 1.84 bits per heavy atom. The predicted molar refractivity (Wildman–Crippen MR) is 76.0 cm³/mol. The molecule has 1 aliphatic rings. The molecule has 0 spiro atoms. The first-order valence-electron chi connectivity index (χ1n) is 6.38. The van der Waals surface area contributed by atoms with Crippen LogP contribution in [0.2, 0.25) is 0 Å². The third-order valence-corrected chi connectivity index (χ3v) is 4.89. The highest BCUT2D eigenvalue weighted by Crippen LogP contribution is 2.17. The number of methoxy groups -OCH3 is 1. The summed E-state index contributed by atoms with van der Waals surface area (Å²) in [6.45, 7) is 1.06. The molecule has 0 N–H and O–H groups in total. The summed E-state index contributed by atoms with van der Waals surface area (Å²) in [5.41, 5.74) is 0.887. The Morgan fingerprint density at radius 3 is 2.42 bits per heavy atom. The van der Waals surface area contributed by atoms with Crippen LogP contribution in [0.1, 0.15) is 18.4 Å². The molecule has 1 heterocycles. The quantitative estimate of drug-likeness (QED) is 0.849. The minimum atomic E-state index is -3.32. The fourth-order valence-electron chi connectivity index (χ4n) is 2.14. The predicted octanol–water partition coefficient (Wildman–Crippen LogP) is 2.10. The summed E-state index contributed by atoms with van der Waals surface area (Å²) < 4.78 is 31.1. The van der Waals surface area contributed by atoms with Gasteiger partial charge in [-0.2, -0.15) is 4.31 Å². The average Bonchev–Trinajstić information content (AvgIpc) is 2.46. The summed E-state index contributed by atoms with van der Waals surface area (Å²) in [5.74, 6) is 0. The standard InChI is InChI=1S/C14H19NO3S/c1-18-14-7-10-15(11-8-14)19(16,17)12-9-13-5-3-2-4-6-13/h2-6,9,12,14H,7-8,10-11H2,1H3/b12-9+. The Hall–Kier alpha value is -1.17. The van der Waals surface area contributed by atoms with E-state index in [0.717, 1.165) is 18.4 Å². The third kappa shape index (κ3) is 3.89. The van der Waals surface area contributed by atoms with Gasteiger partial charge in [-0.15, -0.1) is 0 Å². The van der Waals surface area contributed by atoms with Crippen LogP contribution in [0.15, 0.2) is 35.7 Å². The Balaban J connectivity index is 2.01. The van der Waals surface area contributed by atoms with E-state index in [0.29, 0.717) is 13.1 Å². The Bertz CT molecular complexity index is 517. The van der Waals surface area contributed by atoms with Crippen molar-refractivity contribution < 1.29 is 13.2 Å². The highest BCUT2D eigenvalue weighted by molar-refractivity contribution is 7.92. The molecule has 5 heteroatoms. The van der Waals surface area contributed by atoms with Crippen molar-refractivity contribution in [2.45, 2.75) is 18.9 Å². The lowest BCUT2D eigenvalue weighted by molar-refractivity contribution is 0.0607. The molecule has 0 amide bonds. The van der Waals surface area contributed by atoms with E-state index >= 15 is 0 Å². The van der Waals surface area contributed by atoms with Crippen molar-refractivity contribution in [3.05, 3.63) is 41.3 Å². The second kappa shape index (κ2) is 6.32. The van der Waals surface area contributed by atoms with Crippen LogP contribution in [-0.2, 0) is 14.8 Å². The molecule has 0 saturated carbocycles. The molecule has 1 aromatic rings. The molecular formula is C14H19NO3S. The SMILES string of the molecule is COC1CCN(S(=O)(=O)/C=C/c2ccccc2)CC1. The molecular weight excluding hydrogens is 262 g/mol. The second-order valence-corrected chi connectivity index (χ2v) is 6.41. The molecule has 4 nitrogen and oxygen atoms in total. The van der Waals surface area contributed by atoms with Crippen LogP contribution in [0.25, 0.3) is 6.08 Å². The summed E-state index contributed by atoms with van der Waals surface area (Å²) >= 11 is 0. The fraction of sp³-hybridized carbons (Fsp3) is 0.429. The average molecular weight is 281 g/mol. The van der Waals surface area contributed by atoms with Crippen molar-refractivity contribution in [2.24, 2.45) is 0 Å². The van der Waals surface area contributed by atoms with Crippen LogP contribution in [0.4, 0.5) is 0 Å². The Morgan fingerprint density at radius 1 is 1.21 bits per heavy atom. The van der Waals surface area contributed by atoms with Gasteiger partial charge in [0.15, 0.2) is 0 Å². The zero-order chi connectivity index (χ0) is 13.7. The largest absolute Gasteiger partial charge is 0.381 e. The molecule has 19 heavy (non-hydrogen) atoms. The lowest BCUT2D eigenvalue weighted by atomic mass is 10.1. The number of hydrogen-bond acceptors (Lipinski definition) is 3. The van der Waals surface area contributed by atoms with Crippen LogP contribution in [-0.4, -0.2) is 39.0 Å². The van der Waals surface area contributed by atoms with Gasteiger partial charge in [0.25, 0.3) is 0 Å². The van der Waals surface area contributed by atoms with Crippen molar-refractivity contribution in [2.75, 3.05) is 20.2 Å². The Kier molecular flexibility index (Phi) is 4.74. The number of rotatable bonds is 4. The zero-order valence-corrected chi connectivity index (χ0v) is 11.8. The molecule has 0 unspecified atom stereocenters. The van der Waals surface area contributed by atoms with E-state index < -0.39 is 10.0 Å². The van der Waals surface area contributed by atoms with E-state index in [2.05, 4.69) is 0 Å². The first-order chi connectivity index (χ1) is 9.12. The molecule has 1 aromatic carbocycles. The molecule has 1 aliphatic heterocycles. The second-order valence-electron chi connectivity index (χ2n) is 4.59. The molecule has 0 atom stereocenters. The van der Waals surface area contributed by atoms with Crippen LogP contribution in [0.5, 0.6) is 0 Å². The van der Waals surface area contributed by atoms with Gasteiger partial charge in [-0.25, -0.2) is 8.42 Å². The van der Waals surface area contributed by atoms with Crippen LogP contribution in [0.3, 0.4) is 0 Å². The van der Waals surface area contributed by atoms with Gasteiger partial charge < -0.3 is 4.74 Å². The van der Waals surface area contributed by atoms with E-state index in [1.807, 2.05) is 30.3 Å². The van der Waals surface area contributed by atoms with Crippen LogP contribution >= 0.6 is 0 Å². The number of piperidine rings is 1. The van der Waals surface area contributed by atoms with Gasteiger partial charge in [-0.05, 0) is 24.5 Å². The molecule has 104 valence electrons. The summed E-state index contributed by atoms with van der Waals surface area (Å²) in [4.78, 5) is 0. The number of sulfonamides is 1. The molecule has 0 radical (unpaired) electrons. The maximum absolute atomic E-state index is 12.2. The van der Waals surface area contributed by atoms with Crippen LogP contribution in [0, 0.1) is 0 Å². The summed E-state index contributed by atoms with van der Waals surface area (Å²) in [7, 11) is -1.65. The van der Waals surface area contributed by atoms with Gasteiger partial charge in [-0.3, -0.25) is 0 Å². The van der Waals surface area contributed by atoms with E-state index in [9.17, 15) is 8.42 Å². The highest BCUT2D eigenvalue weighted by atomic mass is 32.2. The molecule has 0 aliphatic carbocycles. The van der Waals surface area contributed by atoms with Gasteiger partial charge in [0.1, 0.15) is 0 Å². The van der Waals surface area contributed by atoms with Gasteiger partial charge >= 0.3 is 0 Å². The van der Waals surface area contributed by atoms with Gasteiger partial charge in [0, 0.05) is 25.6 Å². The van der Waals surface area contributed by atoms with Crippen LogP contribution < -0.4 is 0 Å². The first-order valence-corrected chi connectivity index (χ1v) is 7.88. The van der Waals surface area contributed by atoms with Gasteiger partial charge in [0.2, 0.25) is 10.0 Å². The Labute approximate surface area is 114 Å². The number of benzene rings is 1. The minimum absolute atomic E-state index is 0.185. The van der Waals surface area contributed by atoms with Crippen molar-refractivity contribution in [3.63, 3.8) is 0 Å². The van der Waals surface area contributed by atoms with E-state index in [4.69, 9.17) is 4.74 Å². The third-order valence-electron chi connectivity index (χ3n) is 3.33. The van der Waals surface area contributed by atoms with E-state index in [1.54, 1.807) is 13.2 Å². The highest BCUT2D eigenvalue weighted by Gasteiger charge is 2.25. The summed E-state index contributed by atoms with van der Waals surface area (Å²) in [6, 6.07) is 9.43. The zero-order valence-electron chi connectivity index (χ0n) is 11.0. The van der Waals surface area contributed by atoms with Gasteiger partial charge in [0.05, 0.1) is 6.10 Å². The van der Waals surface area contributed by atoms with E-state index in [-0.39, 0.29) is 6.10 Å². The van der Waals surface area contributed by atoms with Gasteiger partial charge in [-0.1, -0.05) is 30.3 Å². The normalized spacial score (nSPS) is 19.0. The van der Waals surface area contributed by atoms with Crippen molar-refractivity contribution in [1.82, 2.24) is 4.31 Å². The minimum Gasteiger partial charge on any atom is -0.381 e. The monoisotopic (exact) mass is 281 g/mol. The molecule has 2 rings (SSSR count). The maximum Gasteiger partial charge on any atom is 0.236 e. The molecule has 0 aromatic heterocycles. The maximum atomic E-state index is 12.2. The smallest absolute Gasteiger partial charge is 0.236 e. The number of ether oxygens (including phenoxy) is 1. The summed E-state index contributed by atoms with van der Waals surface area (Å²) in [6.07, 6.45) is 3.34. The molecule has 0 bridgehead atoms. The molecule has 1 saturated heterocycles. The topological polar surface area (TPSA) is 46.6 Å². The van der Waals surface area contributed by atoms with Crippen molar-refractivity contribution in [3.8, 4) is 0 Å². The first kappa shape index (κ1) is 14.2. The number of nitrogens with zero attached hydrogens (tertiary/aromatic N) is 1. The lowest BCUT2D eigenvalue weighted by Gasteiger charge is -2.29.